The lowest BCUT2D eigenvalue weighted by Gasteiger charge is -2.17. The summed E-state index contributed by atoms with van der Waals surface area (Å²) in [5, 5.41) is 13.3. The summed E-state index contributed by atoms with van der Waals surface area (Å²) in [6, 6.07) is 13.0. The molecule has 0 aliphatic carbocycles. The van der Waals surface area contributed by atoms with Crippen LogP contribution in [-0.4, -0.2) is 35.4 Å². The minimum Gasteiger partial charge on any atom is -0.452 e. The smallest absolute Gasteiger partial charge is 0.338 e. The first-order valence-corrected chi connectivity index (χ1v) is 10.4. The number of hydrogen-bond acceptors (Lipinski definition) is 8. The van der Waals surface area contributed by atoms with E-state index in [9.17, 15) is 19.7 Å². The van der Waals surface area contributed by atoms with E-state index in [0.717, 1.165) is 23.5 Å². The molecule has 1 aromatic heterocycles. The highest BCUT2D eigenvalue weighted by atomic mass is 32.2. The monoisotopic (exact) mass is 443 g/mol. The number of para-hydroxylation sites is 1. The molecular formula is C20H17N3O5S2. The lowest BCUT2D eigenvalue weighted by Crippen LogP contribution is -2.31. The van der Waals surface area contributed by atoms with Gasteiger partial charge >= 0.3 is 5.97 Å². The molecule has 10 heteroatoms. The van der Waals surface area contributed by atoms with Gasteiger partial charge in [-0.05, 0) is 31.2 Å². The number of esters is 1. The van der Waals surface area contributed by atoms with Crippen molar-refractivity contribution in [1.29, 1.82) is 0 Å². The number of anilines is 1. The van der Waals surface area contributed by atoms with Crippen LogP contribution in [0.3, 0.4) is 0 Å². The van der Waals surface area contributed by atoms with Gasteiger partial charge in [-0.1, -0.05) is 30.0 Å². The predicted octanol–water partition coefficient (Wildman–Crippen LogP) is 4.33. The van der Waals surface area contributed by atoms with E-state index >= 15 is 0 Å². The largest absolute Gasteiger partial charge is 0.452 e. The van der Waals surface area contributed by atoms with Crippen LogP contribution in [0.15, 0.2) is 63.1 Å². The lowest BCUT2D eigenvalue weighted by atomic mass is 10.2. The number of amides is 1. The summed E-state index contributed by atoms with van der Waals surface area (Å²) < 4.78 is 5.73. The molecule has 0 saturated carbocycles. The van der Waals surface area contributed by atoms with E-state index in [1.807, 2.05) is 18.4 Å². The van der Waals surface area contributed by atoms with Crippen molar-refractivity contribution in [3.05, 3.63) is 75.3 Å². The van der Waals surface area contributed by atoms with Crippen LogP contribution in [-0.2, 0) is 9.53 Å². The summed E-state index contributed by atoms with van der Waals surface area (Å²) in [5.74, 6) is -1.23. The van der Waals surface area contributed by atoms with Crippen molar-refractivity contribution in [2.45, 2.75) is 16.2 Å². The van der Waals surface area contributed by atoms with Gasteiger partial charge in [0, 0.05) is 29.9 Å². The Hall–Kier alpha value is -3.24. The summed E-state index contributed by atoms with van der Waals surface area (Å²) in [6.07, 6.45) is 0. The molecule has 0 saturated heterocycles. The molecule has 3 rings (SSSR count). The van der Waals surface area contributed by atoms with E-state index in [1.165, 1.54) is 28.4 Å². The quantitative estimate of drug-likeness (QED) is 0.304. The molecule has 30 heavy (non-hydrogen) atoms. The highest BCUT2D eigenvalue weighted by molar-refractivity contribution is 8.01. The van der Waals surface area contributed by atoms with Crippen LogP contribution in [0.5, 0.6) is 0 Å². The molecule has 0 aliphatic rings. The fraction of sp³-hybridized carbons (Fsp3) is 0.150. The summed E-state index contributed by atoms with van der Waals surface area (Å²) in [6.45, 7) is 1.36. The number of hydrogen-bond donors (Lipinski definition) is 0. The number of likely N-dealkylation sites (N-methyl/N-ethyl adjacent to an activating group) is 1. The molecule has 0 radical (unpaired) electrons. The van der Waals surface area contributed by atoms with Crippen LogP contribution in [0.25, 0.3) is 0 Å². The lowest BCUT2D eigenvalue weighted by molar-refractivity contribution is -0.387. The first-order valence-electron chi connectivity index (χ1n) is 8.72. The number of nitro groups is 1. The number of carbonyl (C=O) groups excluding carboxylic acids is 2. The number of nitro benzene ring substituents is 1. The Morgan fingerprint density at radius 1 is 1.23 bits per heavy atom. The Labute approximate surface area is 180 Å². The van der Waals surface area contributed by atoms with Crippen LogP contribution in [0.4, 0.5) is 11.4 Å². The molecule has 2 aromatic carbocycles. The molecule has 0 atom stereocenters. The fourth-order valence-corrected chi connectivity index (χ4v) is 4.33. The molecule has 0 spiro atoms. The number of aromatic nitrogens is 1. The minimum absolute atomic E-state index is 0.00321. The minimum atomic E-state index is -0.811. The summed E-state index contributed by atoms with van der Waals surface area (Å²) >= 11 is 2.54. The zero-order chi connectivity index (χ0) is 21.7. The van der Waals surface area contributed by atoms with Crippen molar-refractivity contribution >= 4 is 46.3 Å². The van der Waals surface area contributed by atoms with Crippen LogP contribution in [0.2, 0.25) is 0 Å². The van der Waals surface area contributed by atoms with Crippen LogP contribution >= 0.6 is 23.1 Å². The SMILES string of the molecule is Cc1csc(Sc2ccc(C(=O)OCC(=O)N(C)c3ccccc3)cc2[N+](=O)[O-])n1. The second kappa shape index (κ2) is 9.51. The fourth-order valence-electron chi connectivity index (χ4n) is 2.45. The van der Waals surface area contributed by atoms with Crippen LogP contribution < -0.4 is 4.90 Å². The van der Waals surface area contributed by atoms with Crippen molar-refractivity contribution in [1.82, 2.24) is 4.98 Å². The van der Waals surface area contributed by atoms with Crippen LogP contribution in [0.1, 0.15) is 16.1 Å². The third-order valence-electron chi connectivity index (χ3n) is 4.03. The van der Waals surface area contributed by atoms with E-state index in [2.05, 4.69) is 4.98 Å². The van der Waals surface area contributed by atoms with Gasteiger partial charge in [-0.3, -0.25) is 14.9 Å². The van der Waals surface area contributed by atoms with Gasteiger partial charge in [-0.15, -0.1) is 11.3 Å². The van der Waals surface area contributed by atoms with Gasteiger partial charge < -0.3 is 9.64 Å². The van der Waals surface area contributed by atoms with Gasteiger partial charge in [0.15, 0.2) is 10.9 Å². The van der Waals surface area contributed by atoms with Crippen molar-refractivity contribution in [2.75, 3.05) is 18.6 Å². The number of carbonyl (C=O) groups is 2. The Kier molecular flexibility index (Phi) is 6.80. The van der Waals surface area contributed by atoms with Gasteiger partial charge in [0.2, 0.25) is 0 Å². The topological polar surface area (TPSA) is 103 Å². The average Bonchev–Trinajstić information content (AvgIpc) is 3.16. The second-order valence-corrected chi connectivity index (χ2v) is 8.31. The first kappa shape index (κ1) is 21.5. The third kappa shape index (κ3) is 5.22. The normalized spacial score (nSPS) is 10.5. The summed E-state index contributed by atoms with van der Waals surface area (Å²) in [4.78, 5) is 41.5. The Bertz CT molecular complexity index is 1090. The van der Waals surface area contributed by atoms with Crippen molar-refractivity contribution in [3.8, 4) is 0 Å². The van der Waals surface area contributed by atoms with E-state index in [-0.39, 0.29) is 11.3 Å². The molecule has 1 heterocycles. The van der Waals surface area contributed by atoms with Crippen molar-refractivity contribution in [2.24, 2.45) is 0 Å². The van der Waals surface area contributed by atoms with Gasteiger partial charge in [0.05, 0.1) is 15.4 Å². The van der Waals surface area contributed by atoms with E-state index in [1.54, 1.807) is 31.3 Å². The number of rotatable bonds is 7. The Balaban J connectivity index is 1.69. The van der Waals surface area contributed by atoms with Gasteiger partial charge in [0.25, 0.3) is 11.6 Å². The number of benzene rings is 2. The van der Waals surface area contributed by atoms with E-state index < -0.39 is 23.4 Å². The van der Waals surface area contributed by atoms with Gasteiger partial charge in [-0.25, -0.2) is 9.78 Å². The summed E-state index contributed by atoms with van der Waals surface area (Å²) in [5.41, 5.74) is 1.26. The van der Waals surface area contributed by atoms with Gasteiger partial charge in [-0.2, -0.15) is 0 Å². The predicted molar refractivity (Wildman–Crippen MR) is 114 cm³/mol. The van der Waals surface area contributed by atoms with E-state index in [4.69, 9.17) is 4.74 Å². The van der Waals surface area contributed by atoms with E-state index in [0.29, 0.717) is 14.9 Å². The zero-order valence-electron chi connectivity index (χ0n) is 16.1. The molecule has 154 valence electrons. The maximum Gasteiger partial charge on any atom is 0.338 e. The molecule has 0 N–H and O–H groups in total. The van der Waals surface area contributed by atoms with Crippen molar-refractivity contribution in [3.63, 3.8) is 0 Å². The second-order valence-electron chi connectivity index (χ2n) is 6.16. The maximum absolute atomic E-state index is 12.3. The molecule has 0 unspecified atom stereocenters. The molecule has 0 bridgehead atoms. The van der Waals surface area contributed by atoms with Gasteiger partial charge in [0.1, 0.15) is 0 Å². The maximum atomic E-state index is 12.3. The standard InChI is InChI=1S/C20H17N3O5S2/c1-13-12-29-20(21-13)30-17-9-8-14(10-16(17)23(26)27)19(25)28-11-18(24)22(2)15-6-4-3-5-7-15/h3-10,12H,11H2,1-2H3. The average molecular weight is 444 g/mol. The molecule has 0 aliphatic heterocycles. The summed E-state index contributed by atoms with van der Waals surface area (Å²) in [7, 11) is 1.57. The molecule has 8 nitrogen and oxygen atoms in total. The highest BCUT2D eigenvalue weighted by Gasteiger charge is 2.21. The zero-order valence-corrected chi connectivity index (χ0v) is 17.7. The molecule has 0 fully saturated rings. The molecule has 3 aromatic rings. The Morgan fingerprint density at radius 2 is 1.97 bits per heavy atom. The molecule has 1 amide bonds. The first-order chi connectivity index (χ1) is 14.3. The van der Waals surface area contributed by atoms with Crippen LogP contribution in [0, 0.1) is 17.0 Å². The molecular weight excluding hydrogens is 426 g/mol. The number of nitrogens with zero attached hydrogens (tertiary/aromatic N) is 3. The number of aryl methyl sites for hydroxylation is 1. The number of thiazole rings is 1. The third-order valence-corrected chi connectivity index (χ3v) is 6.15. The Morgan fingerprint density at radius 3 is 2.60 bits per heavy atom. The highest BCUT2D eigenvalue weighted by Crippen LogP contribution is 2.36. The van der Waals surface area contributed by atoms with Crippen molar-refractivity contribution < 1.29 is 19.2 Å². The number of ether oxygens (including phenoxy) is 1.